The van der Waals surface area contributed by atoms with Crippen LogP contribution in [0.2, 0.25) is 0 Å². The lowest BCUT2D eigenvalue weighted by Crippen LogP contribution is -2.02. The lowest BCUT2D eigenvalue weighted by Gasteiger charge is -2.08. The van der Waals surface area contributed by atoms with Crippen LogP contribution in [0.5, 0.6) is 0 Å². The molecule has 0 fully saturated rings. The number of nitrogens with one attached hydrogen (secondary N) is 1. The van der Waals surface area contributed by atoms with Crippen molar-refractivity contribution in [2.75, 3.05) is 11.9 Å². The van der Waals surface area contributed by atoms with Gasteiger partial charge in [0.15, 0.2) is 0 Å². The summed E-state index contributed by atoms with van der Waals surface area (Å²) >= 11 is 2.36. The van der Waals surface area contributed by atoms with E-state index in [9.17, 15) is 0 Å². The molecule has 0 saturated carbocycles. The standard InChI is InChI=1S/C20H22IN/c1-16(15-17(2)18-10-4-3-5-11-18)9-8-14-22-20-13-7-6-12-19(20)21/h3-7,10-13,22H,8-9,14H2,1-2H3. The number of hydrogen-bond acceptors (Lipinski definition) is 1. The van der Waals surface area contributed by atoms with Gasteiger partial charge in [0.25, 0.3) is 0 Å². The van der Waals surface area contributed by atoms with Crippen LogP contribution in [0.4, 0.5) is 5.69 Å². The summed E-state index contributed by atoms with van der Waals surface area (Å²) in [6.07, 6.45) is 2.19. The predicted octanol–water partition coefficient (Wildman–Crippen LogP) is 6.13. The monoisotopic (exact) mass is 403 g/mol. The maximum atomic E-state index is 3.51. The highest BCUT2D eigenvalue weighted by Crippen LogP contribution is 2.17. The van der Waals surface area contributed by atoms with Crippen molar-refractivity contribution in [1.29, 1.82) is 0 Å². The minimum Gasteiger partial charge on any atom is -0.384 e. The molecule has 1 N–H and O–H groups in total. The average molecular weight is 403 g/mol. The fourth-order valence-corrected chi connectivity index (χ4v) is 2.90. The molecular formula is C20H22IN. The number of allylic oxidation sites excluding steroid dienone is 1. The first-order chi connectivity index (χ1) is 10.7. The Kier molecular flexibility index (Phi) is 6.75. The molecule has 0 amide bonds. The van der Waals surface area contributed by atoms with E-state index >= 15 is 0 Å². The molecule has 22 heavy (non-hydrogen) atoms. The molecule has 114 valence electrons. The van der Waals surface area contributed by atoms with E-state index in [0.717, 1.165) is 19.4 Å². The van der Waals surface area contributed by atoms with Gasteiger partial charge in [-0.2, -0.15) is 0 Å². The molecule has 2 heteroatoms. The highest BCUT2D eigenvalue weighted by molar-refractivity contribution is 14.1. The Morgan fingerprint density at radius 1 is 1.00 bits per heavy atom. The summed E-state index contributed by atoms with van der Waals surface area (Å²) in [7, 11) is 0. The molecule has 0 saturated heterocycles. The quantitative estimate of drug-likeness (QED) is 0.348. The molecule has 0 radical (unpaired) electrons. The van der Waals surface area contributed by atoms with Crippen molar-refractivity contribution in [3.8, 4) is 0 Å². The van der Waals surface area contributed by atoms with Crippen LogP contribution < -0.4 is 5.32 Å². The topological polar surface area (TPSA) is 12.0 Å². The summed E-state index contributed by atoms with van der Waals surface area (Å²) in [6.45, 7) is 5.28. The van der Waals surface area contributed by atoms with Crippen LogP contribution in [0.15, 0.2) is 65.9 Å². The first-order valence-corrected chi connectivity index (χ1v) is 8.71. The van der Waals surface area contributed by atoms with E-state index in [2.05, 4.69) is 96.0 Å². The van der Waals surface area contributed by atoms with Crippen molar-refractivity contribution in [2.45, 2.75) is 26.7 Å². The maximum Gasteiger partial charge on any atom is 0.0475 e. The Bertz CT molecular complexity index is 667. The number of anilines is 1. The van der Waals surface area contributed by atoms with E-state index in [-0.39, 0.29) is 0 Å². The highest BCUT2D eigenvalue weighted by atomic mass is 127. The van der Waals surface area contributed by atoms with E-state index < -0.39 is 0 Å². The van der Waals surface area contributed by atoms with Crippen molar-refractivity contribution in [3.63, 3.8) is 0 Å². The first kappa shape index (κ1) is 16.9. The van der Waals surface area contributed by atoms with Crippen LogP contribution in [0, 0.1) is 3.57 Å². The van der Waals surface area contributed by atoms with Gasteiger partial charge in [0.05, 0.1) is 0 Å². The Balaban J connectivity index is 1.86. The molecular weight excluding hydrogens is 381 g/mol. The third-order valence-corrected chi connectivity index (χ3v) is 4.47. The number of rotatable bonds is 6. The van der Waals surface area contributed by atoms with E-state index in [4.69, 9.17) is 0 Å². The molecule has 2 rings (SSSR count). The smallest absolute Gasteiger partial charge is 0.0475 e. The summed E-state index contributed by atoms with van der Waals surface area (Å²) in [5.41, 5.74) is 8.50. The Labute approximate surface area is 147 Å². The van der Waals surface area contributed by atoms with Crippen LogP contribution in [0.1, 0.15) is 32.3 Å². The zero-order chi connectivity index (χ0) is 15.8. The second-order valence-corrected chi connectivity index (χ2v) is 6.57. The van der Waals surface area contributed by atoms with E-state index in [0.29, 0.717) is 0 Å². The van der Waals surface area contributed by atoms with Crippen LogP contribution in [-0.2, 0) is 0 Å². The second-order valence-electron chi connectivity index (χ2n) is 5.41. The minimum absolute atomic E-state index is 0.990. The molecule has 1 nitrogen and oxygen atoms in total. The van der Waals surface area contributed by atoms with E-state index in [1.54, 1.807) is 0 Å². The molecule has 0 atom stereocenters. The predicted molar refractivity (Wildman–Crippen MR) is 105 cm³/mol. The normalized spacial score (nSPS) is 9.95. The number of hydrogen-bond donors (Lipinski definition) is 1. The summed E-state index contributed by atoms with van der Waals surface area (Å²) in [4.78, 5) is 0. The SMILES string of the molecule is CC(=C=C(C)c1ccccc1)CCCNc1ccccc1I. The van der Waals surface area contributed by atoms with Gasteiger partial charge in [-0.3, -0.25) is 0 Å². The van der Waals surface area contributed by atoms with Gasteiger partial charge in [-0.1, -0.05) is 42.5 Å². The molecule has 0 heterocycles. The number of para-hydroxylation sites is 1. The van der Waals surface area contributed by atoms with Crippen LogP contribution in [0.3, 0.4) is 0 Å². The van der Waals surface area contributed by atoms with Crippen molar-refractivity contribution < 1.29 is 0 Å². The van der Waals surface area contributed by atoms with Crippen LogP contribution in [-0.4, -0.2) is 6.54 Å². The summed E-state index contributed by atoms with van der Waals surface area (Å²) in [5, 5.41) is 3.50. The van der Waals surface area contributed by atoms with Gasteiger partial charge in [-0.15, -0.1) is 5.73 Å². The Morgan fingerprint density at radius 2 is 1.68 bits per heavy atom. The van der Waals surface area contributed by atoms with Gasteiger partial charge in [-0.05, 0) is 78.1 Å². The van der Waals surface area contributed by atoms with E-state index in [1.165, 1.54) is 26.0 Å². The molecule has 2 aromatic rings. The Morgan fingerprint density at radius 3 is 2.41 bits per heavy atom. The molecule has 2 aromatic carbocycles. The van der Waals surface area contributed by atoms with Gasteiger partial charge in [0.1, 0.15) is 0 Å². The van der Waals surface area contributed by atoms with Crippen molar-refractivity contribution in [2.24, 2.45) is 0 Å². The lowest BCUT2D eigenvalue weighted by molar-refractivity contribution is 0.853. The summed E-state index contributed by atoms with van der Waals surface area (Å²) in [5.74, 6) is 0. The van der Waals surface area contributed by atoms with Crippen LogP contribution >= 0.6 is 22.6 Å². The second kappa shape index (κ2) is 8.82. The summed E-state index contributed by atoms with van der Waals surface area (Å²) < 4.78 is 1.27. The molecule has 0 aromatic heterocycles. The molecule has 0 spiro atoms. The van der Waals surface area contributed by atoms with Gasteiger partial charge in [0.2, 0.25) is 0 Å². The van der Waals surface area contributed by atoms with Crippen LogP contribution in [0.25, 0.3) is 5.57 Å². The fourth-order valence-electron chi connectivity index (χ4n) is 2.32. The van der Waals surface area contributed by atoms with E-state index in [1.807, 2.05) is 6.07 Å². The maximum absolute atomic E-state index is 3.51. The third-order valence-electron chi connectivity index (χ3n) is 3.53. The first-order valence-electron chi connectivity index (χ1n) is 7.63. The number of halogens is 1. The minimum atomic E-state index is 0.990. The Hall–Kier alpha value is -1.51. The lowest BCUT2D eigenvalue weighted by atomic mass is 10.1. The largest absolute Gasteiger partial charge is 0.384 e. The third kappa shape index (κ3) is 5.36. The zero-order valence-corrected chi connectivity index (χ0v) is 15.4. The number of benzene rings is 2. The fraction of sp³-hybridized carbons (Fsp3) is 0.250. The molecule has 0 aliphatic heterocycles. The summed E-state index contributed by atoms with van der Waals surface area (Å²) in [6, 6.07) is 18.8. The van der Waals surface area contributed by atoms with Crippen molar-refractivity contribution in [1.82, 2.24) is 0 Å². The molecule has 0 aliphatic carbocycles. The van der Waals surface area contributed by atoms with Gasteiger partial charge in [0, 0.05) is 15.8 Å². The van der Waals surface area contributed by atoms with Crippen molar-refractivity contribution >= 4 is 33.9 Å². The highest BCUT2D eigenvalue weighted by Gasteiger charge is 1.97. The van der Waals surface area contributed by atoms with Crippen molar-refractivity contribution in [3.05, 3.63) is 75.0 Å². The van der Waals surface area contributed by atoms with Gasteiger partial charge in [-0.25, -0.2) is 0 Å². The molecule has 0 bridgehead atoms. The molecule has 0 unspecified atom stereocenters. The zero-order valence-electron chi connectivity index (χ0n) is 13.2. The van der Waals surface area contributed by atoms with Gasteiger partial charge < -0.3 is 5.32 Å². The average Bonchev–Trinajstić information content (AvgIpc) is 2.54. The van der Waals surface area contributed by atoms with Gasteiger partial charge >= 0.3 is 0 Å². The molecule has 0 aliphatic rings.